The van der Waals surface area contributed by atoms with Crippen molar-refractivity contribution in [1.29, 1.82) is 0 Å². The van der Waals surface area contributed by atoms with Gasteiger partial charge in [-0.2, -0.15) is 0 Å². The van der Waals surface area contributed by atoms with Crippen LogP contribution >= 0.6 is 0 Å². The normalized spacial score (nSPS) is 26.2. The monoisotopic (exact) mass is 337 g/mol. The van der Waals surface area contributed by atoms with Crippen LogP contribution in [0.15, 0.2) is 18.2 Å². The van der Waals surface area contributed by atoms with E-state index in [9.17, 15) is 18.4 Å². The van der Waals surface area contributed by atoms with Gasteiger partial charge in [0.05, 0.1) is 0 Å². The Morgan fingerprint density at radius 3 is 2.62 bits per heavy atom. The summed E-state index contributed by atoms with van der Waals surface area (Å²) in [5.41, 5.74) is 0.0234. The third-order valence-corrected chi connectivity index (χ3v) is 5.08. The Labute approximate surface area is 139 Å². The SMILES string of the molecule is O=C(O)CCC1CCCN(C(=O)C2CC2c2c(F)cccc2F)C1. The molecule has 1 amide bonds. The minimum Gasteiger partial charge on any atom is -0.481 e. The molecule has 6 heteroatoms. The molecule has 0 aromatic heterocycles. The number of likely N-dealkylation sites (tertiary alicyclic amines) is 1. The Balaban J connectivity index is 1.60. The van der Waals surface area contributed by atoms with Gasteiger partial charge in [-0.25, -0.2) is 8.78 Å². The Morgan fingerprint density at radius 1 is 1.25 bits per heavy atom. The molecule has 1 heterocycles. The van der Waals surface area contributed by atoms with Crippen LogP contribution in [0, 0.1) is 23.5 Å². The molecule has 2 fully saturated rings. The van der Waals surface area contributed by atoms with Gasteiger partial charge in [-0.1, -0.05) is 6.07 Å². The lowest BCUT2D eigenvalue weighted by molar-refractivity contribution is -0.137. The minimum atomic E-state index is -0.823. The molecule has 130 valence electrons. The van der Waals surface area contributed by atoms with Crippen molar-refractivity contribution in [3.05, 3.63) is 35.4 Å². The molecular formula is C18H21F2NO3. The fourth-order valence-electron chi connectivity index (χ4n) is 3.71. The average molecular weight is 337 g/mol. The second kappa shape index (κ2) is 6.87. The van der Waals surface area contributed by atoms with Gasteiger partial charge < -0.3 is 10.0 Å². The van der Waals surface area contributed by atoms with Crippen molar-refractivity contribution >= 4 is 11.9 Å². The molecular weight excluding hydrogens is 316 g/mol. The maximum absolute atomic E-state index is 13.8. The molecule has 1 aliphatic heterocycles. The molecule has 0 radical (unpaired) electrons. The van der Waals surface area contributed by atoms with Gasteiger partial charge in [-0.05, 0) is 43.7 Å². The van der Waals surface area contributed by atoms with Gasteiger partial charge in [-0.15, -0.1) is 0 Å². The van der Waals surface area contributed by atoms with Crippen LogP contribution in [0.2, 0.25) is 0 Å². The topological polar surface area (TPSA) is 57.6 Å². The summed E-state index contributed by atoms with van der Waals surface area (Å²) >= 11 is 0. The molecule has 24 heavy (non-hydrogen) atoms. The van der Waals surface area contributed by atoms with Gasteiger partial charge in [0.1, 0.15) is 11.6 Å². The van der Waals surface area contributed by atoms with Crippen LogP contribution in [0.3, 0.4) is 0 Å². The van der Waals surface area contributed by atoms with Crippen LogP contribution in [-0.2, 0) is 9.59 Å². The highest BCUT2D eigenvalue weighted by atomic mass is 19.1. The van der Waals surface area contributed by atoms with E-state index in [1.54, 1.807) is 4.90 Å². The lowest BCUT2D eigenvalue weighted by atomic mass is 9.93. The number of carbonyl (C=O) groups is 2. The summed E-state index contributed by atoms with van der Waals surface area (Å²) in [5.74, 6) is -2.59. The quantitative estimate of drug-likeness (QED) is 0.898. The van der Waals surface area contributed by atoms with Gasteiger partial charge in [0.25, 0.3) is 0 Å². The van der Waals surface area contributed by atoms with E-state index in [0.717, 1.165) is 12.8 Å². The lowest BCUT2D eigenvalue weighted by Gasteiger charge is -2.33. The van der Waals surface area contributed by atoms with E-state index >= 15 is 0 Å². The maximum atomic E-state index is 13.8. The van der Waals surface area contributed by atoms with Crippen LogP contribution < -0.4 is 0 Å². The summed E-state index contributed by atoms with van der Waals surface area (Å²) in [4.78, 5) is 25.1. The van der Waals surface area contributed by atoms with E-state index in [1.807, 2.05) is 0 Å². The molecule has 4 nitrogen and oxygen atoms in total. The zero-order chi connectivity index (χ0) is 17.3. The number of rotatable bonds is 5. The van der Waals surface area contributed by atoms with Gasteiger partial charge in [0, 0.05) is 36.9 Å². The molecule has 3 rings (SSSR count). The van der Waals surface area contributed by atoms with E-state index in [4.69, 9.17) is 5.11 Å². The average Bonchev–Trinajstić information content (AvgIpc) is 3.32. The Hall–Kier alpha value is -1.98. The number of halogens is 2. The standard InChI is InChI=1S/C18H21F2NO3/c19-14-4-1-5-15(20)17(14)12-9-13(12)18(24)21-8-2-3-11(10-21)6-7-16(22)23/h1,4-5,11-13H,2-3,6-10H2,(H,22,23). The zero-order valence-corrected chi connectivity index (χ0v) is 13.4. The van der Waals surface area contributed by atoms with Crippen molar-refractivity contribution in [3.63, 3.8) is 0 Å². The fraction of sp³-hybridized carbons (Fsp3) is 0.556. The van der Waals surface area contributed by atoms with E-state index < -0.39 is 17.6 Å². The third kappa shape index (κ3) is 3.57. The molecule has 1 aromatic carbocycles. The molecule has 1 saturated carbocycles. The van der Waals surface area contributed by atoms with Crippen LogP contribution in [0.5, 0.6) is 0 Å². The molecule has 1 saturated heterocycles. The second-order valence-electron chi connectivity index (χ2n) is 6.81. The number of piperidine rings is 1. The number of amides is 1. The first-order chi connectivity index (χ1) is 11.5. The lowest BCUT2D eigenvalue weighted by Crippen LogP contribution is -2.41. The van der Waals surface area contributed by atoms with E-state index in [-0.39, 0.29) is 35.6 Å². The molecule has 1 N–H and O–H groups in total. The van der Waals surface area contributed by atoms with Crippen LogP contribution in [0.1, 0.15) is 43.6 Å². The predicted molar refractivity (Wildman–Crippen MR) is 83.4 cm³/mol. The molecule has 0 bridgehead atoms. The number of benzene rings is 1. The zero-order valence-electron chi connectivity index (χ0n) is 13.4. The first kappa shape index (κ1) is 16.9. The number of carboxylic acids is 1. The Morgan fingerprint density at radius 2 is 1.96 bits per heavy atom. The summed E-state index contributed by atoms with van der Waals surface area (Å²) in [5, 5.41) is 8.78. The number of hydrogen-bond acceptors (Lipinski definition) is 2. The first-order valence-corrected chi connectivity index (χ1v) is 8.42. The van der Waals surface area contributed by atoms with Crippen molar-refractivity contribution in [2.24, 2.45) is 11.8 Å². The molecule has 0 spiro atoms. The second-order valence-corrected chi connectivity index (χ2v) is 6.81. The molecule has 1 aromatic rings. The number of nitrogens with zero attached hydrogens (tertiary/aromatic N) is 1. The number of carboxylic acid groups (broad SMARTS) is 1. The highest BCUT2D eigenvalue weighted by molar-refractivity contribution is 5.83. The smallest absolute Gasteiger partial charge is 0.303 e. The van der Waals surface area contributed by atoms with Gasteiger partial charge in [0.15, 0.2) is 0 Å². The summed E-state index contributed by atoms with van der Waals surface area (Å²) in [6.45, 7) is 1.19. The highest BCUT2D eigenvalue weighted by Crippen LogP contribution is 2.50. The molecule has 1 aliphatic carbocycles. The van der Waals surface area contributed by atoms with Crippen molar-refractivity contribution < 1.29 is 23.5 Å². The third-order valence-electron chi connectivity index (χ3n) is 5.08. The first-order valence-electron chi connectivity index (χ1n) is 8.42. The van der Waals surface area contributed by atoms with Crippen molar-refractivity contribution in [2.75, 3.05) is 13.1 Å². The van der Waals surface area contributed by atoms with Crippen molar-refractivity contribution in [2.45, 2.75) is 38.0 Å². The molecule has 3 atom stereocenters. The Kier molecular flexibility index (Phi) is 4.83. The number of hydrogen-bond donors (Lipinski definition) is 1. The molecule has 2 aliphatic rings. The number of aliphatic carboxylic acids is 1. The predicted octanol–water partition coefficient (Wildman–Crippen LogP) is 3.17. The van der Waals surface area contributed by atoms with E-state index in [1.165, 1.54) is 18.2 Å². The minimum absolute atomic E-state index is 0.0234. The van der Waals surface area contributed by atoms with Crippen LogP contribution in [0.4, 0.5) is 8.78 Å². The van der Waals surface area contributed by atoms with Crippen molar-refractivity contribution in [1.82, 2.24) is 4.90 Å². The van der Waals surface area contributed by atoms with Gasteiger partial charge in [0.2, 0.25) is 5.91 Å². The van der Waals surface area contributed by atoms with Crippen molar-refractivity contribution in [3.8, 4) is 0 Å². The van der Waals surface area contributed by atoms with Crippen LogP contribution in [0.25, 0.3) is 0 Å². The van der Waals surface area contributed by atoms with Gasteiger partial charge in [-0.3, -0.25) is 9.59 Å². The van der Waals surface area contributed by atoms with Gasteiger partial charge >= 0.3 is 5.97 Å². The summed E-state index contributed by atoms with van der Waals surface area (Å²) < 4.78 is 27.7. The fourth-order valence-corrected chi connectivity index (χ4v) is 3.71. The highest BCUT2D eigenvalue weighted by Gasteiger charge is 2.48. The van der Waals surface area contributed by atoms with E-state index in [2.05, 4.69) is 0 Å². The summed E-state index contributed by atoms with van der Waals surface area (Å²) in [7, 11) is 0. The number of carbonyl (C=O) groups excluding carboxylic acids is 1. The largest absolute Gasteiger partial charge is 0.481 e. The summed E-state index contributed by atoms with van der Waals surface area (Å²) in [6.07, 6.45) is 2.93. The molecule has 3 unspecified atom stereocenters. The van der Waals surface area contributed by atoms with E-state index in [0.29, 0.717) is 25.9 Å². The Bertz CT molecular complexity index is 629. The summed E-state index contributed by atoms with van der Waals surface area (Å²) in [6, 6.07) is 3.77. The van der Waals surface area contributed by atoms with Crippen LogP contribution in [-0.4, -0.2) is 35.0 Å². The maximum Gasteiger partial charge on any atom is 0.303 e.